The molecule has 4 nitrogen and oxygen atoms in total. The van der Waals surface area contributed by atoms with Crippen molar-refractivity contribution in [3.63, 3.8) is 0 Å². The number of rotatable bonds is 3. The number of amides is 1. The first-order chi connectivity index (χ1) is 8.11. The first-order valence-electron chi connectivity index (χ1n) is 5.17. The Morgan fingerprint density at radius 1 is 1.29 bits per heavy atom. The minimum Gasteiger partial charge on any atom is -0.385 e. The van der Waals surface area contributed by atoms with E-state index in [1.165, 1.54) is 0 Å². The molecule has 1 aliphatic heterocycles. The Bertz CT molecular complexity index is 451. The minimum atomic E-state index is -0.306. The number of hydrogen-bond acceptors (Lipinski definition) is 3. The van der Waals surface area contributed by atoms with Crippen LogP contribution in [0.15, 0.2) is 12.1 Å². The van der Waals surface area contributed by atoms with Crippen molar-refractivity contribution in [3.05, 3.63) is 22.2 Å². The number of carbonyl (C=O) groups excluding carboxylic acids is 1. The van der Waals surface area contributed by atoms with Crippen LogP contribution in [0.4, 0.5) is 11.4 Å². The number of hydrogen-bond donors (Lipinski definition) is 2. The van der Waals surface area contributed by atoms with Crippen molar-refractivity contribution in [3.8, 4) is 0 Å². The van der Waals surface area contributed by atoms with Crippen molar-refractivity contribution < 1.29 is 9.53 Å². The Kier molecular flexibility index (Phi) is 3.76. The van der Waals surface area contributed by atoms with E-state index in [2.05, 4.69) is 10.6 Å². The van der Waals surface area contributed by atoms with E-state index in [1.54, 1.807) is 19.2 Å². The molecular formula is C11H12Cl2N2O2. The van der Waals surface area contributed by atoms with Gasteiger partial charge in [0.1, 0.15) is 6.04 Å². The van der Waals surface area contributed by atoms with Crippen LogP contribution in [0.2, 0.25) is 10.0 Å². The van der Waals surface area contributed by atoms with Crippen molar-refractivity contribution >= 4 is 40.5 Å². The lowest BCUT2D eigenvalue weighted by Crippen LogP contribution is -2.39. The number of anilines is 2. The van der Waals surface area contributed by atoms with Gasteiger partial charge in [-0.1, -0.05) is 23.2 Å². The Morgan fingerprint density at radius 3 is 2.59 bits per heavy atom. The molecule has 1 aromatic rings. The summed E-state index contributed by atoms with van der Waals surface area (Å²) in [6, 6.07) is 3.04. The van der Waals surface area contributed by atoms with Gasteiger partial charge in [-0.15, -0.1) is 0 Å². The lowest BCUT2D eigenvalue weighted by molar-refractivity contribution is -0.117. The summed E-state index contributed by atoms with van der Waals surface area (Å²) in [4.78, 5) is 11.8. The molecule has 0 saturated carbocycles. The summed E-state index contributed by atoms with van der Waals surface area (Å²) in [6.45, 7) is 0.516. The predicted octanol–water partition coefficient (Wildman–Crippen LogP) is 2.76. The zero-order valence-electron chi connectivity index (χ0n) is 9.22. The van der Waals surface area contributed by atoms with Crippen LogP contribution in [0.5, 0.6) is 0 Å². The fraction of sp³-hybridized carbons (Fsp3) is 0.364. The molecule has 17 heavy (non-hydrogen) atoms. The molecule has 0 radical (unpaired) electrons. The van der Waals surface area contributed by atoms with Gasteiger partial charge in [-0.05, 0) is 18.6 Å². The molecule has 92 valence electrons. The molecule has 0 saturated heterocycles. The zero-order valence-corrected chi connectivity index (χ0v) is 10.7. The Labute approximate surface area is 109 Å². The van der Waals surface area contributed by atoms with Crippen molar-refractivity contribution in [1.82, 2.24) is 0 Å². The third-order valence-corrected chi connectivity index (χ3v) is 3.30. The van der Waals surface area contributed by atoms with Crippen molar-refractivity contribution in [2.24, 2.45) is 0 Å². The number of benzene rings is 1. The average Bonchev–Trinajstić information content (AvgIpc) is 2.29. The summed E-state index contributed by atoms with van der Waals surface area (Å²) in [5.41, 5.74) is 1.43. The maximum atomic E-state index is 11.8. The first-order valence-corrected chi connectivity index (χ1v) is 5.93. The molecule has 2 rings (SSSR count). The van der Waals surface area contributed by atoms with Crippen LogP contribution in [-0.2, 0) is 9.53 Å². The Morgan fingerprint density at radius 2 is 1.94 bits per heavy atom. The number of carbonyl (C=O) groups is 1. The predicted molar refractivity (Wildman–Crippen MR) is 69.0 cm³/mol. The normalized spacial score (nSPS) is 18.3. The van der Waals surface area contributed by atoms with Gasteiger partial charge in [0, 0.05) is 13.7 Å². The van der Waals surface area contributed by atoms with Gasteiger partial charge in [0.25, 0.3) is 0 Å². The van der Waals surface area contributed by atoms with Gasteiger partial charge in [-0.25, -0.2) is 0 Å². The first kappa shape index (κ1) is 12.5. The van der Waals surface area contributed by atoms with Gasteiger partial charge in [-0.2, -0.15) is 0 Å². The average molecular weight is 275 g/mol. The standard InChI is InChI=1S/C11H12Cl2N2O2/c1-17-3-2-8-11(16)15-10-5-7(13)6(12)4-9(10)14-8/h4-5,8,14H,2-3H2,1H3,(H,15,16). The molecule has 6 heteroatoms. The Balaban J connectivity index is 2.22. The third kappa shape index (κ3) is 2.65. The molecule has 1 heterocycles. The number of halogens is 2. The van der Waals surface area contributed by atoms with E-state index in [1.807, 2.05) is 0 Å². The second-order valence-corrected chi connectivity index (χ2v) is 4.59. The van der Waals surface area contributed by atoms with E-state index in [0.717, 1.165) is 5.69 Å². The van der Waals surface area contributed by atoms with Crippen LogP contribution >= 0.6 is 23.2 Å². The fourth-order valence-electron chi connectivity index (χ4n) is 1.68. The van der Waals surface area contributed by atoms with Crippen LogP contribution in [-0.4, -0.2) is 25.7 Å². The summed E-state index contributed by atoms with van der Waals surface area (Å²) >= 11 is 11.8. The summed E-state index contributed by atoms with van der Waals surface area (Å²) in [5, 5.41) is 6.78. The number of fused-ring (bicyclic) bond motifs is 1. The van der Waals surface area contributed by atoms with Gasteiger partial charge in [0.15, 0.2) is 0 Å². The summed E-state index contributed by atoms with van der Waals surface area (Å²) < 4.78 is 4.96. The van der Waals surface area contributed by atoms with Crippen LogP contribution < -0.4 is 10.6 Å². The van der Waals surface area contributed by atoms with E-state index >= 15 is 0 Å². The van der Waals surface area contributed by atoms with Crippen LogP contribution in [0.25, 0.3) is 0 Å². The van der Waals surface area contributed by atoms with E-state index < -0.39 is 0 Å². The second kappa shape index (κ2) is 5.12. The lowest BCUT2D eigenvalue weighted by Gasteiger charge is -2.27. The number of ether oxygens (including phenoxy) is 1. The quantitative estimate of drug-likeness (QED) is 0.891. The highest BCUT2D eigenvalue weighted by molar-refractivity contribution is 6.42. The molecule has 1 amide bonds. The second-order valence-electron chi connectivity index (χ2n) is 3.78. The highest BCUT2D eigenvalue weighted by Crippen LogP contribution is 2.35. The number of methoxy groups -OCH3 is 1. The van der Waals surface area contributed by atoms with Gasteiger partial charge in [0.2, 0.25) is 5.91 Å². The van der Waals surface area contributed by atoms with Gasteiger partial charge in [0.05, 0.1) is 21.4 Å². The molecule has 0 aliphatic carbocycles. The molecule has 0 aromatic heterocycles. The lowest BCUT2D eigenvalue weighted by atomic mass is 10.1. The molecule has 0 spiro atoms. The molecule has 0 fully saturated rings. The molecule has 2 N–H and O–H groups in total. The smallest absolute Gasteiger partial charge is 0.247 e. The number of nitrogens with one attached hydrogen (secondary N) is 2. The SMILES string of the molecule is COCCC1Nc2cc(Cl)c(Cl)cc2NC1=O. The van der Waals surface area contributed by atoms with E-state index in [0.29, 0.717) is 28.8 Å². The van der Waals surface area contributed by atoms with Gasteiger partial charge in [-0.3, -0.25) is 4.79 Å². The summed E-state index contributed by atoms with van der Waals surface area (Å²) in [7, 11) is 1.60. The van der Waals surface area contributed by atoms with Crippen LogP contribution in [0, 0.1) is 0 Å². The largest absolute Gasteiger partial charge is 0.385 e. The highest BCUT2D eigenvalue weighted by atomic mass is 35.5. The molecule has 1 atom stereocenters. The van der Waals surface area contributed by atoms with Crippen LogP contribution in [0.1, 0.15) is 6.42 Å². The van der Waals surface area contributed by atoms with Crippen LogP contribution in [0.3, 0.4) is 0 Å². The molecule has 1 aromatic carbocycles. The molecule has 0 bridgehead atoms. The molecule has 1 aliphatic rings. The zero-order chi connectivity index (χ0) is 12.4. The summed E-state index contributed by atoms with van der Waals surface area (Å²) in [6.07, 6.45) is 0.599. The maximum Gasteiger partial charge on any atom is 0.247 e. The van der Waals surface area contributed by atoms with Crippen molar-refractivity contribution in [2.75, 3.05) is 24.4 Å². The topological polar surface area (TPSA) is 50.4 Å². The Hall–Kier alpha value is -0.970. The van der Waals surface area contributed by atoms with Crippen molar-refractivity contribution in [2.45, 2.75) is 12.5 Å². The van der Waals surface area contributed by atoms with E-state index in [4.69, 9.17) is 27.9 Å². The third-order valence-electron chi connectivity index (χ3n) is 2.58. The van der Waals surface area contributed by atoms with Crippen molar-refractivity contribution in [1.29, 1.82) is 0 Å². The molecule has 1 unspecified atom stereocenters. The van der Waals surface area contributed by atoms with E-state index in [-0.39, 0.29) is 11.9 Å². The van der Waals surface area contributed by atoms with E-state index in [9.17, 15) is 4.79 Å². The monoisotopic (exact) mass is 274 g/mol. The minimum absolute atomic E-state index is 0.0899. The maximum absolute atomic E-state index is 11.8. The summed E-state index contributed by atoms with van der Waals surface area (Å²) in [5.74, 6) is -0.0899. The highest BCUT2D eigenvalue weighted by Gasteiger charge is 2.25. The van der Waals surface area contributed by atoms with Gasteiger partial charge >= 0.3 is 0 Å². The molecular weight excluding hydrogens is 263 g/mol. The fourth-order valence-corrected chi connectivity index (χ4v) is 2.01. The van der Waals surface area contributed by atoms with Gasteiger partial charge < -0.3 is 15.4 Å².